The second-order valence-electron chi connectivity index (χ2n) is 4.17. The van der Waals surface area contributed by atoms with Gasteiger partial charge in [-0.15, -0.1) is 0 Å². The van der Waals surface area contributed by atoms with Crippen LogP contribution in [0.15, 0.2) is 18.2 Å². The summed E-state index contributed by atoms with van der Waals surface area (Å²) in [5.74, 6) is 1.51. The Bertz CT molecular complexity index is 347. The van der Waals surface area contributed by atoms with E-state index in [1.807, 2.05) is 13.0 Å². The minimum Gasteiger partial charge on any atom is -0.496 e. The number of benzene rings is 1. The molecule has 0 saturated carbocycles. The third-order valence-electron chi connectivity index (χ3n) is 3.12. The first-order chi connectivity index (χ1) is 7.22. The van der Waals surface area contributed by atoms with Gasteiger partial charge in [0.15, 0.2) is 0 Å². The molecule has 1 fully saturated rings. The molecule has 0 amide bonds. The van der Waals surface area contributed by atoms with E-state index in [2.05, 4.69) is 17.4 Å². The summed E-state index contributed by atoms with van der Waals surface area (Å²) in [5.41, 5.74) is 8.54. The van der Waals surface area contributed by atoms with Crippen LogP contribution in [0.3, 0.4) is 0 Å². The zero-order valence-corrected chi connectivity index (χ0v) is 9.29. The number of ether oxygens (including phenoxy) is 1. The SMILES string of the molecule is COc1ccc(C(N)C2CNC2)cc1C. The molecule has 1 aliphatic rings. The van der Waals surface area contributed by atoms with Gasteiger partial charge in [0.05, 0.1) is 7.11 Å². The van der Waals surface area contributed by atoms with E-state index in [1.54, 1.807) is 7.11 Å². The molecule has 1 aliphatic heterocycles. The van der Waals surface area contributed by atoms with E-state index >= 15 is 0 Å². The highest BCUT2D eigenvalue weighted by atomic mass is 16.5. The fourth-order valence-corrected chi connectivity index (χ4v) is 1.95. The molecule has 2 rings (SSSR count). The summed E-state index contributed by atoms with van der Waals surface area (Å²) in [6.07, 6.45) is 0. The van der Waals surface area contributed by atoms with Crippen molar-refractivity contribution in [2.45, 2.75) is 13.0 Å². The third-order valence-corrected chi connectivity index (χ3v) is 3.12. The zero-order valence-electron chi connectivity index (χ0n) is 9.29. The van der Waals surface area contributed by atoms with E-state index in [-0.39, 0.29) is 6.04 Å². The maximum atomic E-state index is 6.18. The monoisotopic (exact) mass is 206 g/mol. The summed E-state index contributed by atoms with van der Waals surface area (Å²) in [6.45, 7) is 4.12. The van der Waals surface area contributed by atoms with Gasteiger partial charge in [-0.3, -0.25) is 0 Å². The molecular formula is C12H18N2O. The Hall–Kier alpha value is -1.06. The van der Waals surface area contributed by atoms with E-state index in [4.69, 9.17) is 10.5 Å². The highest BCUT2D eigenvalue weighted by Crippen LogP contribution is 2.26. The smallest absolute Gasteiger partial charge is 0.121 e. The molecule has 0 spiro atoms. The number of nitrogens with one attached hydrogen (secondary N) is 1. The van der Waals surface area contributed by atoms with Crippen molar-refractivity contribution < 1.29 is 4.74 Å². The predicted molar refractivity (Wildman–Crippen MR) is 61.0 cm³/mol. The summed E-state index contributed by atoms with van der Waals surface area (Å²) in [6, 6.07) is 6.34. The maximum Gasteiger partial charge on any atom is 0.121 e. The van der Waals surface area contributed by atoms with Gasteiger partial charge in [0.1, 0.15) is 5.75 Å². The van der Waals surface area contributed by atoms with Crippen molar-refractivity contribution in [1.82, 2.24) is 5.32 Å². The van der Waals surface area contributed by atoms with Crippen LogP contribution >= 0.6 is 0 Å². The molecule has 3 nitrogen and oxygen atoms in total. The Morgan fingerprint density at radius 2 is 2.20 bits per heavy atom. The van der Waals surface area contributed by atoms with Crippen LogP contribution in [-0.4, -0.2) is 20.2 Å². The molecule has 1 aromatic rings. The van der Waals surface area contributed by atoms with Crippen LogP contribution in [0.4, 0.5) is 0 Å². The first kappa shape index (κ1) is 10.5. The Morgan fingerprint density at radius 1 is 1.47 bits per heavy atom. The summed E-state index contributed by atoms with van der Waals surface area (Å²) >= 11 is 0. The summed E-state index contributed by atoms with van der Waals surface area (Å²) in [4.78, 5) is 0. The molecule has 0 aliphatic carbocycles. The first-order valence-corrected chi connectivity index (χ1v) is 5.33. The van der Waals surface area contributed by atoms with E-state index < -0.39 is 0 Å². The van der Waals surface area contributed by atoms with Gasteiger partial charge < -0.3 is 15.8 Å². The summed E-state index contributed by atoms with van der Waals surface area (Å²) in [7, 11) is 1.69. The second kappa shape index (κ2) is 4.21. The summed E-state index contributed by atoms with van der Waals surface area (Å²) < 4.78 is 5.23. The number of rotatable bonds is 3. The predicted octanol–water partition coefficient (Wildman–Crippen LogP) is 1.22. The molecule has 3 N–H and O–H groups in total. The van der Waals surface area contributed by atoms with Gasteiger partial charge in [-0.1, -0.05) is 12.1 Å². The number of aryl methyl sites for hydroxylation is 1. The Kier molecular flexibility index (Phi) is 2.93. The quantitative estimate of drug-likeness (QED) is 0.781. The van der Waals surface area contributed by atoms with Gasteiger partial charge >= 0.3 is 0 Å². The molecule has 1 unspecified atom stereocenters. The lowest BCUT2D eigenvalue weighted by atomic mass is 9.88. The number of hydrogen-bond donors (Lipinski definition) is 2. The van der Waals surface area contributed by atoms with E-state index in [1.165, 1.54) is 5.56 Å². The zero-order chi connectivity index (χ0) is 10.8. The Balaban J connectivity index is 2.17. The highest BCUT2D eigenvalue weighted by Gasteiger charge is 2.25. The third kappa shape index (κ3) is 1.98. The van der Waals surface area contributed by atoms with Crippen molar-refractivity contribution in [3.63, 3.8) is 0 Å². The van der Waals surface area contributed by atoms with Crippen LogP contribution in [0.2, 0.25) is 0 Å². The van der Waals surface area contributed by atoms with Crippen molar-refractivity contribution in [3.8, 4) is 5.75 Å². The fraction of sp³-hybridized carbons (Fsp3) is 0.500. The highest BCUT2D eigenvalue weighted by molar-refractivity contribution is 5.37. The van der Waals surface area contributed by atoms with Gasteiger partial charge in [-0.25, -0.2) is 0 Å². The Morgan fingerprint density at radius 3 is 2.67 bits per heavy atom. The van der Waals surface area contributed by atoms with E-state index in [0.29, 0.717) is 5.92 Å². The molecule has 1 heterocycles. The van der Waals surface area contributed by atoms with Crippen molar-refractivity contribution in [2.24, 2.45) is 11.7 Å². The van der Waals surface area contributed by atoms with Gasteiger partial charge in [0.25, 0.3) is 0 Å². The summed E-state index contributed by atoms with van der Waals surface area (Å²) in [5, 5.41) is 3.24. The number of methoxy groups -OCH3 is 1. The van der Waals surface area contributed by atoms with Crippen molar-refractivity contribution in [3.05, 3.63) is 29.3 Å². The normalized spacial score (nSPS) is 18.3. The molecule has 1 saturated heterocycles. The van der Waals surface area contributed by atoms with Crippen LogP contribution in [0.25, 0.3) is 0 Å². The topological polar surface area (TPSA) is 47.3 Å². The van der Waals surface area contributed by atoms with Crippen LogP contribution in [0, 0.1) is 12.8 Å². The van der Waals surface area contributed by atoms with Gasteiger partial charge in [0, 0.05) is 25.0 Å². The maximum absolute atomic E-state index is 6.18. The van der Waals surface area contributed by atoms with Crippen LogP contribution in [0.5, 0.6) is 5.75 Å². The largest absolute Gasteiger partial charge is 0.496 e. The van der Waals surface area contributed by atoms with Crippen LogP contribution in [-0.2, 0) is 0 Å². The molecule has 3 heteroatoms. The molecule has 15 heavy (non-hydrogen) atoms. The molecule has 82 valence electrons. The second-order valence-corrected chi connectivity index (χ2v) is 4.17. The van der Waals surface area contributed by atoms with E-state index in [9.17, 15) is 0 Å². The van der Waals surface area contributed by atoms with Crippen molar-refractivity contribution in [1.29, 1.82) is 0 Å². The van der Waals surface area contributed by atoms with Crippen molar-refractivity contribution >= 4 is 0 Å². The molecule has 1 aromatic carbocycles. The molecule has 0 bridgehead atoms. The minimum absolute atomic E-state index is 0.149. The number of nitrogens with two attached hydrogens (primary N) is 1. The van der Waals surface area contributed by atoms with E-state index in [0.717, 1.165) is 24.4 Å². The average Bonchev–Trinajstić information content (AvgIpc) is 2.15. The molecule has 1 atom stereocenters. The lowest BCUT2D eigenvalue weighted by Gasteiger charge is -2.32. The lowest BCUT2D eigenvalue weighted by molar-refractivity contribution is 0.294. The average molecular weight is 206 g/mol. The van der Waals surface area contributed by atoms with Crippen LogP contribution in [0.1, 0.15) is 17.2 Å². The lowest BCUT2D eigenvalue weighted by Crippen LogP contribution is -2.47. The molecule has 0 radical (unpaired) electrons. The van der Waals surface area contributed by atoms with Crippen molar-refractivity contribution in [2.75, 3.05) is 20.2 Å². The van der Waals surface area contributed by atoms with Crippen LogP contribution < -0.4 is 15.8 Å². The minimum atomic E-state index is 0.149. The molecule has 0 aromatic heterocycles. The van der Waals surface area contributed by atoms with Gasteiger partial charge in [-0.05, 0) is 24.1 Å². The molecular weight excluding hydrogens is 188 g/mol. The fourth-order valence-electron chi connectivity index (χ4n) is 1.95. The number of hydrogen-bond acceptors (Lipinski definition) is 3. The van der Waals surface area contributed by atoms with Gasteiger partial charge in [-0.2, -0.15) is 0 Å². The first-order valence-electron chi connectivity index (χ1n) is 5.33. The van der Waals surface area contributed by atoms with Gasteiger partial charge in [0.2, 0.25) is 0 Å². The standard InChI is InChI=1S/C12H18N2O/c1-8-5-9(3-4-11(8)15-2)12(13)10-6-14-7-10/h3-5,10,12,14H,6-7,13H2,1-2H3. The Labute approximate surface area is 90.6 Å².